The second-order valence-electron chi connectivity index (χ2n) is 5.94. The Morgan fingerprint density at radius 3 is 2.74 bits per heavy atom. The average molecular weight is 335 g/mol. The lowest BCUT2D eigenvalue weighted by Gasteiger charge is -2.26. The van der Waals surface area contributed by atoms with Gasteiger partial charge in [0.2, 0.25) is 0 Å². The summed E-state index contributed by atoms with van der Waals surface area (Å²) in [6.07, 6.45) is 1.62. The molecule has 3 heterocycles. The molecule has 1 aliphatic heterocycles. The Labute approximate surface area is 136 Å². The Morgan fingerprint density at radius 1 is 1.30 bits per heavy atom. The van der Waals surface area contributed by atoms with E-state index in [-0.39, 0.29) is 6.04 Å². The Hall–Kier alpha value is -1.77. The van der Waals surface area contributed by atoms with Crippen LogP contribution in [-0.2, 0) is 10.2 Å². The van der Waals surface area contributed by atoms with E-state index in [1.807, 2.05) is 31.2 Å². The van der Waals surface area contributed by atoms with Crippen LogP contribution >= 0.6 is 0 Å². The lowest BCUT2D eigenvalue weighted by Crippen LogP contribution is -2.39. The van der Waals surface area contributed by atoms with Crippen molar-refractivity contribution in [2.24, 2.45) is 0 Å². The third-order valence-electron chi connectivity index (χ3n) is 4.04. The zero-order valence-electron chi connectivity index (χ0n) is 13.5. The number of rotatable bonds is 4. The Morgan fingerprint density at radius 2 is 2.09 bits per heavy atom. The molecular formula is C15H21N5O2S. The summed E-state index contributed by atoms with van der Waals surface area (Å²) in [5, 5.41) is 7.12. The van der Waals surface area contributed by atoms with Crippen LogP contribution in [0.3, 0.4) is 0 Å². The summed E-state index contributed by atoms with van der Waals surface area (Å²) in [7, 11) is -0.329. The molecule has 0 spiro atoms. The second kappa shape index (κ2) is 6.03. The maximum atomic E-state index is 12.5. The number of hydrogen-bond donors (Lipinski definition) is 1. The van der Waals surface area contributed by atoms with E-state index in [1.54, 1.807) is 14.1 Å². The highest BCUT2D eigenvalue weighted by Gasteiger charge is 2.37. The topological polar surface area (TPSA) is 82.2 Å². The molecule has 1 fully saturated rings. The third kappa shape index (κ3) is 3.01. The predicted molar refractivity (Wildman–Crippen MR) is 87.8 cm³/mol. The highest BCUT2D eigenvalue weighted by atomic mass is 32.2. The standard InChI is InChI=1S/C15H21N5O2S/c1-11-10-14(18-17-11)12-6-4-7-13(16-12)15-8-5-9-20(15)23(21,22)19(2)3/h4,6-7,10,15H,5,8-9H2,1-3H3,(H,17,18). The monoisotopic (exact) mass is 335 g/mol. The van der Waals surface area contributed by atoms with E-state index < -0.39 is 10.2 Å². The van der Waals surface area contributed by atoms with Crippen molar-refractivity contribution in [1.29, 1.82) is 0 Å². The van der Waals surface area contributed by atoms with Crippen molar-refractivity contribution in [3.8, 4) is 11.4 Å². The van der Waals surface area contributed by atoms with Crippen molar-refractivity contribution in [3.05, 3.63) is 35.7 Å². The molecule has 0 amide bonds. The molecule has 1 atom stereocenters. The van der Waals surface area contributed by atoms with Crippen LogP contribution in [0.4, 0.5) is 0 Å². The summed E-state index contributed by atoms with van der Waals surface area (Å²) < 4.78 is 27.8. The number of nitrogens with one attached hydrogen (secondary N) is 1. The minimum atomic E-state index is -3.44. The average Bonchev–Trinajstić information content (AvgIpc) is 3.16. The van der Waals surface area contributed by atoms with Gasteiger partial charge in [-0.25, -0.2) is 4.98 Å². The number of pyridine rings is 1. The minimum absolute atomic E-state index is 0.220. The van der Waals surface area contributed by atoms with Crippen LogP contribution in [0.1, 0.15) is 30.3 Å². The first kappa shape index (κ1) is 16.1. The molecule has 0 aromatic carbocycles. The van der Waals surface area contributed by atoms with E-state index in [0.717, 1.165) is 35.6 Å². The van der Waals surface area contributed by atoms with E-state index >= 15 is 0 Å². The van der Waals surface area contributed by atoms with Crippen LogP contribution in [0.25, 0.3) is 11.4 Å². The number of aromatic nitrogens is 3. The lowest BCUT2D eigenvalue weighted by molar-refractivity contribution is 0.358. The highest BCUT2D eigenvalue weighted by molar-refractivity contribution is 7.86. The van der Waals surface area contributed by atoms with Crippen molar-refractivity contribution in [3.63, 3.8) is 0 Å². The van der Waals surface area contributed by atoms with Gasteiger partial charge in [0.1, 0.15) is 5.69 Å². The van der Waals surface area contributed by atoms with E-state index in [9.17, 15) is 8.42 Å². The van der Waals surface area contributed by atoms with Gasteiger partial charge < -0.3 is 0 Å². The second-order valence-corrected chi connectivity index (χ2v) is 8.04. The fraction of sp³-hybridized carbons (Fsp3) is 0.467. The minimum Gasteiger partial charge on any atom is -0.282 e. The molecule has 7 nitrogen and oxygen atoms in total. The van der Waals surface area contributed by atoms with E-state index in [1.165, 1.54) is 8.61 Å². The molecule has 0 saturated carbocycles. The first-order valence-corrected chi connectivity index (χ1v) is 8.98. The summed E-state index contributed by atoms with van der Waals surface area (Å²) in [4.78, 5) is 4.65. The molecular weight excluding hydrogens is 314 g/mol. The molecule has 1 unspecified atom stereocenters. The van der Waals surface area contributed by atoms with Crippen LogP contribution in [-0.4, -0.2) is 52.8 Å². The molecule has 1 saturated heterocycles. The summed E-state index contributed by atoms with van der Waals surface area (Å²) in [5.74, 6) is 0. The van der Waals surface area contributed by atoms with E-state index in [2.05, 4.69) is 15.2 Å². The van der Waals surface area contributed by atoms with Gasteiger partial charge in [0.15, 0.2) is 0 Å². The van der Waals surface area contributed by atoms with Crippen molar-refractivity contribution in [2.45, 2.75) is 25.8 Å². The van der Waals surface area contributed by atoms with Crippen LogP contribution in [0.5, 0.6) is 0 Å². The molecule has 124 valence electrons. The highest BCUT2D eigenvalue weighted by Crippen LogP contribution is 2.34. The zero-order valence-corrected chi connectivity index (χ0v) is 14.3. The normalized spacial score (nSPS) is 19.6. The van der Waals surface area contributed by atoms with Gasteiger partial charge in [-0.2, -0.15) is 22.1 Å². The van der Waals surface area contributed by atoms with Gasteiger partial charge in [0, 0.05) is 26.3 Å². The van der Waals surface area contributed by atoms with Crippen LogP contribution < -0.4 is 0 Å². The molecule has 1 N–H and O–H groups in total. The molecule has 3 rings (SSSR count). The number of aromatic amines is 1. The number of hydrogen-bond acceptors (Lipinski definition) is 4. The van der Waals surface area contributed by atoms with E-state index in [4.69, 9.17) is 0 Å². The number of nitrogens with zero attached hydrogens (tertiary/aromatic N) is 4. The number of H-pyrrole nitrogens is 1. The van der Waals surface area contributed by atoms with Gasteiger partial charge in [-0.1, -0.05) is 6.07 Å². The molecule has 23 heavy (non-hydrogen) atoms. The fourth-order valence-electron chi connectivity index (χ4n) is 2.85. The van der Waals surface area contributed by atoms with Crippen molar-refractivity contribution < 1.29 is 8.42 Å². The maximum Gasteiger partial charge on any atom is 0.282 e. The Kier molecular flexibility index (Phi) is 4.22. The zero-order chi connectivity index (χ0) is 16.6. The maximum absolute atomic E-state index is 12.5. The lowest BCUT2D eigenvalue weighted by atomic mass is 10.1. The van der Waals surface area contributed by atoms with Gasteiger partial charge >= 0.3 is 0 Å². The first-order chi connectivity index (χ1) is 10.9. The largest absolute Gasteiger partial charge is 0.282 e. The Balaban J connectivity index is 1.95. The van der Waals surface area contributed by atoms with Crippen LogP contribution in [0.2, 0.25) is 0 Å². The van der Waals surface area contributed by atoms with Gasteiger partial charge in [0.25, 0.3) is 10.2 Å². The van der Waals surface area contributed by atoms with Gasteiger partial charge in [-0.05, 0) is 38.0 Å². The molecule has 2 aromatic rings. The molecule has 1 aliphatic rings. The molecule has 0 bridgehead atoms. The van der Waals surface area contributed by atoms with Crippen LogP contribution in [0, 0.1) is 6.92 Å². The molecule has 0 aliphatic carbocycles. The molecule has 8 heteroatoms. The Bertz CT molecular complexity index is 800. The number of aryl methyl sites for hydroxylation is 1. The quantitative estimate of drug-likeness (QED) is 0.922. The summed E-state index contributed by atoms with van der Waals surface area (Å²) in [6.45, 7) is 2.46. The predicted octanol–water partition coefficient (Wildman–Crippen LogP) is 1.72. The molecule has 2 aromatic heterocycles. The van der Waals surface area contributed by atoms with Gasteiger partial charge in [-0.3, -0.25) is 5.10 Å². The fourth-order valence-corrected chi connectivity index (χ4v) is 4.16. The summed E-state index contributed by atoms with van der Waals surface area (Å²) >= 11 is 0. The van der Waals surface area contributed by atoms with Gasteiger partial charge in [0.05, 0.1) is 17.4 Å². The van der Waals surface area contributed by atoms with E-state index in [0.29, 0.717) is 6.54 Å². The summed E-state index contributed by atoms with van der Waals surface area (Å²) in [5.41, 5.74) is 3.25. The van der Waals surface area contributed by atoms with Crippen LogP contribution in [0.15, 0.2) is 24.3 Å². The van der Waals surface area contributed by atoms with Crippen molar-refractivity contribution in [2.75, 3.05) is 20.6 Å². The summed E-state index contributed by atoms with van der Waals surface area (Å²) in [6, 6.07) is 7.38. The first-order valence-electron chi connectivity index (χ1n) is 7.58. The molecule has 0 radical (unpaired) electrons. The van der Waals surface area contributed by atoms with Crippen molar-refractivity contribution >= 4 is 10.2 Å². The third-order valence-corrected chi connectivity index (χ3v) is 5.99. The smallest absolute Gasteiger partial charge is 0.282 e. The van der Waals surface area contributed by atoms with Crippen molar-refractivity contribution in [1.82, 2.24) is 23.8 Å². The SMILES string of the molecule is Cc1cc(-c2cccc(C3CCCN3S(=O)(=O)N(C)C)n2)n[nH]1. The van der Waals surface area contributed by atoms with Gasteiger partial charge in [-0.15, -0.1) is 0 Å².